The maximum Gasteiger partial charge on any atom is 0.254 e. The van der Waals surface area contributed by atoms with Gasteiger partial charge < -0.3 is 9.80 Å². The van der Waals surface area contributed by atoms with E-state index >= 15 is 0 Å². The molecule has 2 aromatic carbocycles. The molecule has 1 amide bonds. The second-order valence-electron chi connectivity index (χ2n) is 7.83. The Bertz CT molecular complexity index is 1340. The number of pyridine rings is 2. The maximum absolute atomic E-state index is 13.6. The molecule has 0 saturated carbocycles. The van der Waals surface area contributed by atoms with Gasteiger partial charge in [-0.1, -0.05) is 34.8 Å². The highest BCUT2D eigenvalue weighted by atomic mass is 35.5. The van der Waals surface area contributed by atoms with E-state index in [1.54, 1.807) is 30.6 Å². The maximum atomic E-state index is 13.6. The lowest BCUT2D eigenvalue weighted by Crippen LogP contribution is -2.48. The number of anilines is 1. The average molecular weight is 498 g/mol. The van der Waals surface area contributed by atoms with Crippen molar-refractivity contribution in [2.75, 3.05) is 31.1 Å². The number of halogens is 3. The van der Waals surface area contributed by atoms with Crippen LogP contribution in [-0.4, -0.2) is 47.0 Å². The molecular weight excluding hydrogens is 479 g/mol. The summed E-state index contributed by atoms with van der Waals surface area (Å²) in [5, 5.41) is 2.37. The van der Waals surface area contributed by atoms with E-state index in [-0.39, 0.29) is 5.91 Å². The summed E-state index contributed by atoms with van der Waals surface area (Å²) in [6.45, 7) is 2.58. The number of benzene rings is 2. The van der Waals surface area contributed by atoms with Crippen molar-refractivity contribution in [1.82, 2.24) is 14.9 Å². The lowest BCUT2D eigenvalue weighted by molar-refractivity contribution is 0.0748. The molecule has 2 aromatic heterocycles. The summed E-state index contributed by atoms with van der Waals surface area (Å²) in [4.78, 5) is 26.5. The molecule has 0 bridgehead atoms. The van der Waals surface area contributed by atoms with E-state index in [0.717, 1.165) is 27.8 Å². The lowest BCUT2D eigenvalue weighted by Gasteiger charge is -2.36. The zero-order valence-electron chi connectivity index (χ0n) is 17.5. The van der Waals surface area contributed by atoms with Gasteiger partial charge in [-0.2, -0.15) is 0 Å². The van der Waals surface area contributed by atoms with Crippen LogP contribution in [0.5, 0.6) is 0 Å². The molecule has 1 fully saturated rings. The van der Waals surface area contributed by atoms with Gasteiger partial charge in [-0.05, 0) is 54.6 Å². The standard InChI is InChI=1S/C25H19Cl3N4O/c26-17-1-4-23-19(13-17)20(15-24(30-23)16-5-7-29-8-6-16)25(33)32-11-9-31(10-12-32)18-2-3-21(27)22(28)14-18/h1-8,13-15H,9-12H2. The summed E-state index contributed by atoms with van der Waals surface area (Å²) in [7, 11) is 0. The Morgan fingerprint density at radius 3 is 2.30 bits per heavy atom. The summed E-state index contributed by atoms with van der Waals surface area (Å²) in [5.74, 6) is -0.0336. The van der Waals surface area contributed by atoms with E-state index in [1.807, 2.05) is 41.3 Å². The van der Waals surface area contributed by atoms with Gasteiger partial charge in [0.15, 0.2) is 0 Å². The highest BCUT2D eigenvalue weighted by molar-refractivity contribution is 6.42. The van der Waals surface area contributed by atoms with Crippen molar-refractivity contribution in [1.29, 1.82) is 0 Å². The predicted molar refractivity (Wildman–Crippen MR) is 135 cm³/mol. The first-order valence-electron chi connectivity index (χ1n) is 10.5. The Balaban J connectivity index is 1.44. The van der Waals surface area contributed by atoms with Gasteiger partial charge in [-0.25, -0.2) is 4.98 Å². The van der Waals surface area contributed by atoms with Gasteiger partial charge in [0.05, 0.1) is 26.8 Å². The summed E-state index contributed by atoms with van der Waals surface area (Å²) < 4.78 is 0. The number of rotatable bonds is 3. The van der Waals surface area contributed by atoms with Gasteiger partial charge in [0.25, 0.3) is 5.91 Å². The summed E-state index contributed by atoms with van der Waals surface area (Å²) in [6.07, 6.45) is 3.43. The normalized spacial score (nSPS) is 14.0. The second-order valence-corrected chi connectivity index (χ2v) is 9.08. The van der Waals surface area contributed by atoms with Crippen molar-refractivity contribution in [3.8, 4) is 11.3 Å². The average Bonchev–Trinajstić information content (AvgIpc) is 2.85. The Morgan fingerprint density at radius 2 is 1.58 bits per heavy atom. The van der Waals surface area contributed by atoms with E-state index in [1.165, 1.54) is 0 Å². The fourth-order valence-electron chi connectivity index (χ4n) is 4.07. The van der Waals surface area contributed by atoms with Gasteiger partial charge >= 0.3 is 0 Å². The van der Waals surface area contributed by atoms with E-state index in [2.05, 4.69) is 9.88 Å². The molecule has 5 nitrogen and oxygen atoms in total. The van der Waals surface area contributed by atoms with Crippen molar-refractivity contribution >= 4 is 57.3 Å². The van der Waals surface area contributed by atoms with Crippen molar-refractivity contribution in [2.45, 2.75) is 0 Å². The summed E-state index contributed by atoms with van der Waals surface area (Å²) in [6, 6.07) is 16.7. The Morgan fingerprint density at radius 1 is 0.818 bits per heavy atom. The van der Waals surface area contributed by atoms with E-state index < -0.39 is 0 Å². The summed E-state index contributed by atoms with van der Waals surface area (Å²) in [5.41, 5.74) is 3.95. The number of amides is 1. The fraction of sp³-hybridized carbons (Fsp3) is 0.160. The van der Waals surface area contributed by atoms with Crippen molar-refractivity contribution in [2.24, 2.45) is 0 Å². The van der Waals surface area contributed by atoms with Crippen LogP contribution in [0.3, 0.4) is 0 Å². The molecule has 1 aliphatic rings. The molecule has 0 atom stereocenters. The molecule has 3 heterocycles. The fourth-order valence-corrected chi connectivity index (χ4v) is 4.53. The zero-order chi connectivity index (χ0) is 22.9. The van der Waals surface area contributed by atoms with Crippen LogP contribution in [0.15, 0.2) is 67.0 Å². The molecule has 0 unspecified atom stereocenters. The van der Waals surface area contributed by atoms with Gasteiger partial charge in [-0.3, -0.25) is 9.78 Å². The number of aromatic nitrogens is 2. The topological polar surface area (TPSA) is 49.3 Å². The monoisotopic (exact) mass is 496 g/mol. The van der Waals surface area contributed by atoms with Crippen molar-refractivity contribution < 1.29 is 4.79 Å². The molecule has 0 N–H and O–H groups in total. The van der Waals surface area contributed by atoms with E-state index in [9.17, 15) is 4.79 Å². The predicted octanol–water partition coefficient (Wildman–Crippen LogP) is 6.22. The van der Waals surface area contributed by atoms with Crippen LogP contribution < -0.4 is 4.90 Å². The highest BCUT2D eigenvalue weighted by Gasteiger charge is 2.25. The third-order valence-electron chi connectivity index (χ3n) is 5.81. The van der Waals surface area contributed by atoms with Crippen molar-refractivity contribution in [3.63, 3.8) is 0 Å². The molecule has 0 radical (unpaired) electrons. The van der Waals surface area contributed by atoms with Crippen LogP contribution in [-0.2, 0) is 0 Å². The summed E-state index contributed by atoms with van der Waals surface area (Å²) >= 11 is 18.5. The van der Waals surface area contributed by atoms with Crippen LogP contribution in [0.4, 0.5) is 5.69 Å². The molecule has 0 spiro atoms. The SMILES string of the molecule is O=C(c1cc(-c2ccncc2)nc2ccc(Cl)cc12)N1CCN(c2ccc(Cl)c(Cl)c2)CC1. The zero-order valence-corrected chi connectivity index (χ0v) is 19.8. The molecular formula is C25H19Cl3N4O. The van der Waals surface area contributed by atoms with Crippen LogP contribution in [0.25, 0.3) is 22.2 Å². The number of piperazine rings is 1. The number of fused-ring (bicyclic) bond motifs is 1. The Hall–Kier alpha value is -2.86. The highest BCUT2D eigenvalue weighted by Crippen LogP contribution is 2.30. The Labute approximate surface area is 206 Å². The van der Waals surface area contributed by atoms with Gasteiger partial charge in [-0.15, -0.1) is 0 Å². The van der Waals surface area contributed by atoms with Crippen LogP contribution in [0, 0.1) is 0 Å². The third-order valence-corrected chi connectivity index (χ3v) is 6.79. The molecule has 5 rings (SSSR count). The number of hydrogen-bond donors (Lipinski definition) is 0. The van der Waals surface area contributed by atoms with Gasteiger partial charge in [0, 0.05) is 60.2 Å². The first-order valence-corrected chi connectivity index (χ1v) is 11.6. The number of carbonyl (C=O) groups is 1. The minimum Gasteiger partial charge on any atom is -0.368 e. The van der Waals surface area contributed by atoms with E-state index in [0.29, 0.717) is 46.8 Å². The number of carbonyl (C=O) groups excluding carboxylic acids is 1. The lowest BCUT2D eigenvalue weighted by atomic mass is 10.0. The van der Waals surface area contributed by atoms with Gasteiger partial charge in [0.2, 0.25) is 0 Å². The minimum atomic E-state index is -0.0336. The minimum absolute atomic E-state index is 0.0336. The molecule has 166 valence electrons. The molecule has 1 saturated heterocycles. The largest absolute Gasteiger partial charge is 0.368 e. The quantitative estimate of drug-likeness (QED) is 0.337. The number of hydrogen-bond acceptors (Lipinski definition) is 4. The molecule has 0 aliphatic carbocycles. The third kappa shape index (κ3) is 4.49. The van der Waals surface area contributed by atoms with Gasteiger partial charge in [0.1, 0.15) is 0 Å². The molecule has 8 heteroatoms. The number of nitrogens with zero attached hydrogens (tertiary/aromatic N) is 4. The first kappa shape index (κ1) is 22.0. The molecule has 33 heavy (non-hydrogen) atoms. The van der Waals surface area contributed by atoms with E-state index in [4.69, 9.17) is 39.8 Å². The first-order chi connectivity index (χ1) is 16.0. The van der Waals surface area contributed by atoms with Crippen LogP contribution in [0.1, 0.15) is 10.4 Å². The van der Waals surface area contributed by atoms with Crippen molar-refractivity contribution in [3.05, 3.63) is 87.6 Å². The molecule has 4 aromatic rings. The molecule has 1 aliphatic heterocycles. The smallest absolute Gasteiger partial charge is 0.254 e. The van der Waals surface area contributed by atoms with Crippen LogP contribution in [0.2, 0.25) is 15.1 Å². The Kier molecular flexibility index (Phi) is 6.11. The second kappa shape index (κ2) is 9.18. The van der Waals surface area contributed by atoms with Crippen LogP contribution >= 0.6 is 34.8 Å².